The molecule has 1 unspecified atom stereocenters. The van der Waals surface area contributed by atoms with Gasteiger partial charge in [0.2, 0.25) is 0 Å². The molecule has 120 valence electrons. The highest BCUT2D eigenvalue weighted by Crippen LogP contribution is 2.21. The second-order valence-electron chi connectivity index (χ2n) is 6.52. The number of nitrogens with zero attached hydrogens (tertiary/aromatic N) is 1. The van der Waals surface area contributed by atoms with E-state index in [-0.39, 0.29) is 5.41 Å². The first kappa shape index (κ1) is 17.9. The summed E-state index contributed by atoms with van der Waals surface area (Å²) in [6, 6.07) is 0. The highest BCUT2D eigenvalue weighted by Gasteiger charge is 2.29. The third-order valence-corrected chi connectivity index (χ3v) is 5.72. The minimum Gasteiger partial charge on any atom is -0.317 e. The van der Waals surface area contributed by atoms with Gasteiger partial charge in [-0.25, -0.2) is 4.72 Å². The molecule has 0 aromatic carbocycles. The number of rotatable bonds is 8. The van der Waals surface area contributed by atoms with Crippen LogP contribution in [0.2, 0.25) is 0 Å². The Balaban J connectivity index is 2.54. The number of hydrogen-bond donors (Lipinski definition) is 2. The summed E-state index contributed by atoms with van der Waals surface area (Å²) >= 11 is 0. The summed E-state index contributed by atoms with van der Waals surface area (Å²) in [5.74, 6) is 0.430. The molecule has 5 nitrogen and oxygen atoms in total. The molecular weight excluding hydrogens is 274 g/mol. The Morgan fingerprint density at radius 2 is 2.00 bits per heavy atom. The average molecular weight is 305 g/mol. The molecule has 0 aromatic heterocycles. The van der Waals surface area contributed by atoms with Crippen LogP contribution in [0.3, 0.4) is 0 Å². The zero-order valence-corrected chi connectivity index (χ0v) is 14.2. The molecule has 1 aliphatic rings. The van der Waals surface area contributed by atoms with Crippen LogP contribution in [0.15, 0.2) is 0 Å². The fourth-order valence-corrected chi connectivity index (χ4v) is 3.80. The minimum atomic E-state index is -3.33. The SMILES string of the molecule is CCNCC1CCCN(S(=O)(=O)NCC(C)(C)CC)C1. The zero-order chi connectivity index (χ0) is 15.2. The van der Waals surface area contributed by atoms with Crippen LogP contribution in [0.25, 0.3) is 0 Å². The first-order valence-corrected chi connectivity index (χ1v) is 9.20. The van der Waals surface area contributed by atoms with E-state index < -0.39 is 10.2 Å². The third kappa shape index (κ3) is 5.68. The maximum atomic E-state index is 12.4. The van der Waals surface area contributed by atoms with Crippen LogP contribution in [-0.2, 0) is 10.2 Å². The molecule has 0 aliphatic carbocycles. The van der Waals surface area contributed by atoms with Crippen molar-refractivity contribution in [2.45, 2.75) is 47.0 Å². The van der Waals surface area contributed by atoms with E-state index in [1.54, 1.807) is 4.31 Å². The van der Waals surface area contributed by atoms with Crippen LogP contribution in [0.1, 0.15) is 47.0 Å². The summed E-state index contributed by atoms with van der Waals surface area (Å²) in [4.78, 5) is 0. The van der Waals surface area contributed by atoms with E-state index in [1.807, 2.05) is 0 Å². The van der Waals surface area contributed by atoms with Crippen molar-refractivity contribution >= 4 is 10.2 Å². The lowest BCUT2D eigenvalue weighted by molar-refractivity contribution is 0.255. The van der Waals surface area contributed by atoms with Gasteiger partial charge in [0, 0.05) is 19.6 Å². The maximum absolute atomic E-state index is 12.4. The molecule has 0 aromatic rings. The van der Waals surface area contributed by atoms with Gasteiger partial charge in [-0.05, 0) is 43.7 Å². The lowest BCUT2D eigenvalue weighted by atomic mass is 9.91. The minimum absolute atomic E-state index is 0.00598. The van der Waals surface area contributed by atoms with Crippen LogP contribution in [-0.4, -0.2) is 45.4 Å². The summed E-state index contributed by atoms with van der Waals surface area (Å²) < 4.78 is 29.1. The molecule has 1 saturated heterocycles. The van der Waals surface area contributed by atoms with Gasteiger partial charge in [0.25, 0.3) is 10.2 Å². The van der Waals surface area contributed by atoms with Crippen molar-refractivity contribution in [3.63, 3.8) is 0 Å². The van der Waals surface area contributed by atoms with E-state index in [2.05, 4.69) is 37.7 Å². The summed E-state index contributed by atoms with van der Waals surface area (Å²) in [6.45, 7) is 11.9. The number of hydrogen-bond acceptors (Lipinski definition) is 3. The van der Waals surface area contributed by atoms with Crippen molar-refractivity contribution in [2.24, 2.45) is 11.3 Å². The maximum Gasteiger partial charge on any atom is 0.279 e. The second-order valence-corrected chi connectivity index (χ2v) is 8.27. The first-order valence-electron chi connectivity index (χ1n) is 7.76. The number of nitrogens with one attached hydrogen (secondary N) is 2. The molecule has 2 N–H and O–H groups in total. The van der Waals surface area contributed by atoms with Gasteiger partial charge in [0.15, 0.2) is 0 Å². The summed E-state index contributed by atoms with van der Waals surface area (Å²) in [7, 11) is -3.33. The van der Waals surface area contributed by atoms with E-state index in [0.29, 0.717) is 25.6 Å². The molecule has 1 aliphatic heterocycles. The molecule has 0 amide bonds. The fourth-order valence-electron chi connectivity index (χ4n) is 2.26. The van der Waals surface area contributed by atoms with E-state index in [0.717, 1.165) is 32.4 Å². The smallest absolute Gasteiger partial charge is 0.279 e. The van der Waals surface area contributed by atoms with Gasteiger partial charge in [-0.1, -0.05) is 27.7 Å². The Morgan fingerprint density at radius 1 is 1.30 bits per heavy atom. The largest absolute Gasteiger partial charge is 0.317 e. The van der Waals surface area contributed by atoms with Gasteiger partial charge >= 0.3 is 0 Å². The molecule has 0 bridgehead atoms. The highest BCUT2D eigenvalue weighted by molar-refractivity contribution is 7.87. The predicted octanol–water partition coefficient (Wildman–Crippen LogP) is 1.58. The highest BCUT2D eigenvalue weighted by atomic mass is 32.2. The van der Waals surface area contributed by atoms with Crippen molar-refractivity contribution in [1.82, 2.24) is 14.3 Å². The van der Waals surface area contributed by atoms with Gasteiger partial charge in [-0.3, -0.25) is 0 Å². The van der Waals surface area contributed by atoms with Gasteiger partial charge in [0.1, 0.15) is 0 Å². The topological polar surface area (TPSA) is 61.4 Å². The molecule has 0 spiro atoms. The van der Waals surface area contributed by atoms with Crippen LogP contribution < -0.4 is 10.0 Å². The van der Waals surface area contributed by atoms with Crippen molar-refractivity contribution in [2.75, 3.05) is 32.7 Å². The van der Waals surface area contributed by atoms with Gasteiger partial charge in [-0.15, -0.1) is 0 Å². The molecule has 6 heteroatoms. The van der Waals surface area contributed by atoms with E-state index >= 15 is 0 Å². The number of piperidine rings is 1. The van der Waals surface area contributed by atoms with E-state index in [1.165, 1.54) is 0 Å². The molecular formula is C14H31N3O2S. The Bertz CT molecular complexity index is 382. The molecule has 0 radical (unpaired) electrons. The van der Waals surface area contributed by atoms with Crippen molar-refractivity contribution in [3.8, 4) is 0 Å². The lowest BCUT2D eigenvalue weighted by Gasteiger charge is -2.33. The Hall–Kier alpha value is -0.170. The molecule has 1 rings (SSSR count). The quantitative estimate of drug-likeness (QED) is 0.716. The average Bonchev–Trinajstić information content (AvgIpc) is 2.43. The molecule has 1 fully saturated rings. The lowest BCUT2D eigenvalue weighted by Crippen LogP contribution is -2.49. The van der Waals surface area contributed by atoms with Crippen LogP contribution >= 0.6 is 0 Å². The standard InChI is InChI=1S/C14H31N3O2S/c1-5-14(3,4)12-16-20(18,19)17-9-7-8-13(11-17)10-15-6-2/h13,15-16H,5-12H2,1-4H3. The monoisotopic (exact) mass is 305 g/mol. The van der Waals surface area contributed by atoms with Crippen LogP contribution in [0.5, 0.6) is 0 Å². The molecule has 20 heavy (non-hydrogen) atoms. The van der Waals surface area contributed by atoms with Crippen LogP contribution in [0, 0.1) is 11.3 Å². The van der Waals surface area contributed by atoms with Gasteiger partial charge < -0.3 is 5.32 Å². The Kier molecular flexibility index (Phi) is 6.91. The summed E-state index contributed by atoms with van der Waals surface area (Å²) in [5, 5.41) is 3.31. The Morgan fingerprint density at radius 3 is 2.60 bits per heavy atom. The molecule has 1 atom stereocenters. The van der Waals surface area contributed by atoms with Gasteiger partial charge in [0.05, 0.1) is 0 Å². The van der Waals surface area contributed by atoms with Crippen LogP contribution in [0.4, 0.5) is 0 Å². The van der Waals surface area contributed by atoms with Gasteiger partial charge in [-0.2, -0.15) is 12.7 Å². The normalized spacial score (nSPS) is 22.1. The fraction of sp³-hybridized carbons (Fsp3) is 1.00. The van der Waals surface area contributed by atoms with E-state index in [9.17, 15) is 8.42 Å². The first-order chi connectivity index (χ1) is 9.30. The van der Waals surface area contributed by atoms with E-state index in [4.69, 9.17) is 0 Å². The van der Waals surface area contributed by atoms with Crippen molar-refractivity contribution in [3.05, 3.63) is 0 Å². The summed E-state index contributed by atoms with van der Waals surface area (Å²) in [6.07, 6.45) is 3.02. The Labute approximate surface area is 124 Å². The molecule has 1 heterocycles. The predicted molar refractivity (Wildman–Crippen MR) is 83.8 cm³/mol. The van der Waals surface area contributed by atoms with Crippen molar-refractivity contribution in [1.29, 1.82) is 0 Å². The zero-order valence-electron chi connectivity index (χ0n) is 13.4. The second kappa shape index (κ2) is 7.73. The third-order valence-electron chi connectivity index (χ3n) is 4.19. The molecule has 0 saturated carbocycles. The summed E-state index contributed by atoms with van der Waals surface area (Å²) in [5.41, 5.74) is 0.00598. The van der Waals surface area contributed by atoms with Crippen molar-refractivity contribution < 1.29 is 8.42 Å².